The van der Waals surface area contributed by atoms with E-state index in [9.17, 15) is 22.8 Å². The van der Waals surface area contributed by atoms with Gasteiger partial charge in [-0.05, 0) is 25.5 Å². The molecule has 3 amide bonds. The number of hydrogen-bond donors (Lipinski definition) is 2. The van der Waals surface area contributed by atoms with Crippen molar-refractivity contribution in [3.63, 3.8) is 0 Å². The summed E-state index contributed by atoms with van der Waals surface area (Å²) in [6.07, 6.45) is -2.85. The van der Waals surface area contributed by atoms with Crippen LogP contribution in [0, 0.1) is 0 Å². The van der Waals surface area contributed by atoms with Gasteiger partial charge < -0.3 is 10.2 Å². The van der Waals surface area contributed by atoms with Crippen LogP contribution in [0.25, 0.3) is 0 Å². The van der Waals surface area contributed by atoms with Crippen molar-refractivity contribution in [3.05, 3.63) is 23.9 Å². The van der Waals surface area contributed by atoms with Crippen molar-refractivity contribution in [2.24, 2.45) is 0 Å². The number of anilines is 1. The molecule has 1 saturated heterocycles. The summed E-state index contributed by atoms with van der Waals surface area (Å²) >= 11 is 0. The molecule has 0 radical (unpaired) electrons. The lowest BCUT2D eigenvalue weighted by molar-refractivity contribution is -0.137. The fourth-order valence-electron chi connectivity index (χ4n) is 2.74. The molecule has 0 saturated carbocycles. The van der Waals surface area contributed by atoms with E-state index in [1.165, 1.54) is 13.1 Å². The summed E-state index contributed by atoms with van der Waals surface area (Å²) in [6, 6.07) is 1.32. The standard InChI is InChI=1S/C16H22F3N5O2/c1-11(14(25)22-15(26)20-2)23-6-3-7-24(9-8-23)13-5-4-12(10-21-13)16(17,18)19/h4-5,10-11H,3,6-9H2,1-2H3,(H2,20,22,25,26)/t11-/m0/s1. The van der Waals surface area contributed by atoms with Gasteiger partial charge in [0, 0.05) is 39.4 Å². The van der Waals surface area contributed by atoms with Crippen LogP contribution in [0.2, 0.25) is 0 Å². The number of imide groups is 1. The van der Waals surface area contributed by atoms with Crippen LogP contribution in [0.15, 0.2) is 18.3 Å². The van der Waals surface area contributed by atoms with E-state index < -0.39 is 29.7 Å². The zero-order valence-corrected chi connectivity index (χ0v) is 14.6. The Kier molecular flexibility index (Phi) is 6.41. The van der Waals surface area contributed by atoms with Crippen molar-refractivity contribution in [1.82, 2.24) is 20.5 Å². The van der Waals surface area contributed by atoms with Crippen molar-refractivity contribution >= 4 is 17.8 Å². The second-order valence-corrected chi connectivity index (χ2v) is 6.02. The lowest BCUT2D eigenvalue weighted by atomic mass is 10.2. The Morgan fingerprint density at radius 2 is 1.92 bits per heavy atom. The van der Waals surface area contributed by atoms with E-state index in [1.54, 1.807) is 6.92 Å². The number of nitrogens with zero attached hydrogens (tertiary/aromatic N) is 3. The van der Waals surface area contributed by atoms with Gasteiger partial charge in [-0.2, -0.15) is 13.2 Å². The normalized spacial score (nSPS) is 17.3. The SMILES string of the molecule is CNC(=O)NC(=O)[C@H](C)N1CCCN(c2ccc(C(F)(F)F)cn2)CC1. The lowest BCUT2D eigenvalue weighted by Crippen LogP contribution is -2.50. The van der Waals surface area contributed by atoms with Crippen LogP contribution in [0.4, 0.5) is 23.8 Å². The summed E-state index contributed by atoms with van der Waals surface area (Å²) in [5.41, 5.74) is -0.780. The van der Waals surface area contributed by atoms with Gasteiger partial charge in [0.05, 0.1) is 11.6 Å². The number of carbonyl (C=O) groups excluding carboxylic acids is 2. The quantitative estimate of drug-likeness (QED) is 0.839. The molecule has 10 heteroatoms. The lowest BCUT2D eigenvalue weighted by Gasteiger charge is -2.26. The van der Waals surface area contributed by atoms with Crippen molar-refractivity contribution in [2.45, 2.75) is 25.6 Å². The smallest absolute Gasteiger partial charge is 0.355 e. The molecule has 0 bridgehead atoms. The number of alkyl halides is 3. The fraction of sp³-hybridized carbons (Fsp3) is 0.562. The van der Waals surface area contributed by atoms with Gasteiger partial charge in [-0.25, -0.2) is 9.78 Å². The highest BCUT2D eigenvalue weighted by molar-refractivity contribution is 5.96. The monoisotopic (exact) mass is 373 g/mol. The number of pyridine rings is 1. The predicted molar refractivity (Wildman–Crippen MR) is 89.7 cm³/mol. The van der Waals surface area contributed by atoms with E-state index in [4.69, 9.17) is 0 Å². The predicted octanol–water partition coefficient (Wildman–Crippen LogP) is 1.46. The first-order valence-corrected chi connectivity index (χ1v) is 8.27. The molecule has 1 aliphatic heterocycles. The van der Waals surface area contributed by atoms with Gasteiger partial charge >= 0.3 is 12.2 Å². The minimum Gasteiger partial charge on any atom is -0.355 e. The third-order valence-corrected chi connectivity index (χ3v) is 4.32. The van der Waals surface area contributed by atoms with Crippen molar-refractivity contribution in [1.29, 1.82) is 0 Å². The van der Waals surface area contributed by atoms with E-state index >= 15 is 0 Å². The number of rotatable bonds is 3. The van der Waals surface area contributed by atoms with Crippen molar-refractivity contribution < 1.29 is 22.8 Å². The highest BCUT2D eigenvalue weighted by Gasteiger charge is 2.31. The summed E-state index contributed by atoms with van der Waals surface area (Å²) in [4.78, 5) is 31.1. The molecule has 1 aromatic heterocycles. The highest BCUT2D eigenvalue weighted by Crippen LogP contribution is 2.29. The molecule has 1 aromatic rings. The molecular formula is C16H22F3N5O2. The minimum absolute atomic E-state index is 0.398. The number of carbonyl (C=O) groups is 2. The average Bonchev–Trinajstić information content (AvgIpc) is 2.86. The molecule has 0 spiro atoms. The Balaban J connectivity index is 1.97. The van der Waals surface area contributed by atoms with Gasteiger partial charge in [-0.1, -0.05) is 0 Å². The number of hydrogen-bond acceptors (Lipinski definition) is 5. The third kappa shape index (κ3) is 5.07. The molecule has 0 aliphatic carbocycles. The molecule has 0 unspecified atom stereocenters. The van der Waals surface area contributed by atoms with Crippen molar-refractivity contribution in [3.8, 4) is 0 Å². The van der Waals surface area contributed by atoms with Gasteiger partial charge in [-0.15, -0.1) is 0 Å². The van der Waals surface area contributed by atoms with Crippen molar-refractivity contribution in [2.75, 3.05) is 38.1 Å². The Hall–Kier alpha value is -2.36. The summed E-state index contributed by atoms with van der Waals surface area (Å²) in [7, 11) is 1.42. The first-order chi connectivity index (χ1) is 12.2. The van der Waals surface area contributed by atoms with Gasteiger partial charge in [0.15, 0.2) is 0 Å². The molecular weight excluding hydrogens is 351 g/mol. The minimum atomic E-state index is -4.41. The summed E-state index contributed by atoms with van der Waals surface area (Å²) in [5.74, 6) is 0.0766. The highest BCUT2D eigenvalue weighted by atomic mass is 19.4. The summed E-state index contributed by atoms with van der Waals surface area (Å²) < 4.78 is 37.9. The number of amides is 3. The molecule has 26 heavy (non-hydrogen) atoms. The number of nitrogens with one attached hydrogen (secondary N) is 2. The van der Waals surface area contributed by atoms with Crippen LogP contribution in [-0.4, -0.2) is 61.1 Å². The Morgan fingerprint density at radius 3 is 2.50 bits per heavy atom. The average molecular weight is 373 g/mol. The number of halogens is 3. The van der Waals surface area contributed by atoms with Gasteiger partial charge in [-0.3, -0.25) is 15.0 Å². The first-order valence-electron chi connectivity index (χ1n) is 8.27. The molecule has 7 nitrogen and oxygen atoms in total. The van der Waals surface area contributed by atoms with Crippen LogP contribution in [-0.2, 0) is 11.0 Å². The Labute approximate surface area is 149 Å². The molecule has 2 heterocycles. The maximum atomic E-state index is 12.6. The third-order valence-electron chi connectivity index (χ3n) is 4.32. The second kappa shape index (κ2) is 8.35. The molecule has 1 aliphatic rings. The maximum Gasteiger partial charge on any atom is 0.417 e. The van der Waals surface area contributed by atoms with Gasteiger partial charge in [0.2, 0.25) is 5.91 Å². The topological polar surface area (TPSA) is 77.6 Å². The second-order valence-electron chi connectivity index (χ2n) is 6.02. The zero-order chi connectivity index (χ0) is 19.3. The first kappa shape index (κ1) is 20.0. The molecule has 1 fully saturated rings. The Morgan fingerprint density at radius 1 is 1.19 bits per heavy atom. The summed E-state index contributed by atoms with van der Waals surface area (Å²) in [6.45, 7) is 4.03. The van der Waals surface area contributed by atoms with E-state index in [2.05, 4.69) is 15.6 Å². The molecule has 1 atom stereocenters. The molecule has 2 N–H and O–H groups in total. The maximum absolute atomic E-state index is 12.6. The van der Waals surface area contributed by atoms with E-state index in [-0.39, 0.29) is 0 Å². The number of urea groups is 1. The van der Waals surface area contributed by atoms with Crippen LogP contribution in [0.5, 0.6) is 0 Å². The van der Waals surface area contributed by atoms with Crippen LogP contribution < -0.4 is 15.5 Å². The van der Waals surface area contributed by atoms with E-state index in [1.807, 2.05) is 9.80 Å². The molecule has 144 valence electrons. The fourth-order valence-corrected chi connectivity index (χ4v) is 2.74. The van der Waals surface area contributed by atoms with Crippen LogP contribution in [0.1, 0.15) is 18.9 Å². The van der Waals surface area contributed by atoms with E-state index in [0.29, 0.717) is 32.0 Å². The summed E-state index contributed by atoms with van der Waals surface area (Å²) in [5, 5.41) is 4.57. The van der Waals surface area contributed by atoms with Crippen LogP contribution in [0.3, 0.4) is 0 Å². The largest absolute Gasteiger partial charge is 0.417 e. The van der Waals surface area contributed by atoms with Gasteiger partial charge in [0.1, 0.15) is 5.82 Å². The number of aromatic nitrogens is 1. The van der Waals surface area contributed by atoms with E-state index in [0.717, 1.165) is 18.7 Å². The molecule has 0 aromatic carbocycles. The van der Waals surface area contributed by atoms with Gasteiger partial charge in [0.25, 0.3) is 0 Å². The molecule has 2 rings (SSSR count). The zero-order valence-electron chi connectivity index (χ0n) is 14.6. The Bertz CT molecular complexity index is 636. The van der Waals surface area contributed by atoms with Crippen LogP contribution >= 0.6 is 0 Å².